The zero-order valence-corrected chi connectivity index (χ0v) is 14.2. The molecule has 4 bridgehead atoms. The molecule has 3 nitrogen and oxygen atoms in total. The summed E-state index contributed by atoms with van der Waals surface area (Å²) in [5, 5.41) is 9.90. The Bertz CT molecular complexity index is 753. The highest BCUT2D eigenvalue weighted by atomic mass is 16.5. The van der Waals surface area contributed by atoms with E-state index in [4.69, 9.17) is 4.74 Å². The number of benzene rings is 1. The first-order valence-electron chi connectivity index (χ1n) is 9.08. The predicted octanol–water partition coefficient (Wildman–Crippen LogP) is 3.89. The number of carboxylic acid groups (broad SMARTS) is 1. The van der Waals surface area contributed by atoms with Crippen molar-refractivity contribution in [3.8, 4) is 5.75 Å². The number of para-hydroxylation sites is 1. The number of hydrogen-bond acceptors (Lipinski definition) is 2. The van der Waals surface area contributed by atoms with Gasteiger partial charge in [-0.2, -0.15) is 0 Å². The number of ether oxygens (including phenoxy) is 1. The summed E-state index contributed by atoms with van der Waals surface area (Å²) in [5.41, 5.74) is 0.861. The number of hydrogen-bond donors (Lipinski definition) is 1. The van der Waals surface area contributed by atoms with Gasteiger partial charge >= 0.3 is 5.97 Å². The van der Waals surface area contributed by atoms with E-state index in [-0.39, 0.29) is 11.3 Å². The van der Waals surface area contributed by atoms with Crippen LogP contribution in [-0.4, -0.2) is 18.2 Å². The van der Waals surface area contributed by atoms with E-state index < -0.39 is 11.4 Å². The molecule has 0 amide bonds. The normalized spacial score (nSPS) is 47.2. The lowest BCUT2D eigenvalue weighted by Gasteiger charge is -2.50. The number of rotatable bonds is 3. The van der Waals surface area contributed by atoms with Crippen LogP contribution in [0.25, 0.3) is 0 Å². The summed E-state index contributed by atoms with van der Waals surface area (Å²) >= 11 is 0. The van der Waals surface area contributed by atoms with Crippen molar-refractivity contribution in [1.82, 2.24) is 0 Å². The molecule has 1 aromatic carbocycles. The second-order valence-electron chi connectivity index (χ2n) is 8.52. The van der Waals surface area contributed by atoms with Gasteiger partial charge in [0.05, 0.1) is 12.5 Å². The first-order valence-corrected chi connectivity index (χ1v) is 9.08. The Morgan fingerprint density at radius 3 is 2.79 bits per heavy atom. The van der Waals surface area contributed by atoms with Crippen molar-refractivity contribution in [3.63, 3.8) is 0 Å². The fraction of sp³-hybridized carbons (Fsp3) is 0.571. The largest absolute Gasteiger partial charge is 0.496 e. The maximum absolute atomic E-state index is 12.0. The summed E-state index contributed by atoms with van der Waals surface area (Å²) in [6.07, 6.45) is 7.82. The van der Waals surface area contributed by atoms with Crippen LogP contribution in [0.3, 0.4) is 0 Å². The fourth-order valence-electron chi connectivity index (χ4n) is 7.22. The van der Waals surface area contributed by atoms with Gasteiger partial charge in [0.1, 0.15) is 5.75 Å². The Morgan fingerprint density at radius 1 is 1.25 bits per heavy atom. The molecule has 3 saturated carbocycles. The van der Waals surface area contributed by atoms with Crippen LogP contribution in [0.5, 0.6) is 5.75 Å². The van der Waals surface area contributed by atoms with Gasteiger partial charge in [-0.25, -0.2) is 0 Å². The van der Waals surface area contributed by atoms with E-state index in [1.165, 1.54) is 12.0 Å². The van der Waals surface area contributed by atoms with Gasteiger partial charge in [0, 0.05) is 11.0 Å². The van der Waals surface area contributed by atoms with Crippen LogP contribution in [0.15, 0.2) is 36.4 Å². The van der Waals surface area contributed by atoms with Crippen LogP contribution in [0.2, 0.25) is 0 Å². The Morgan fingerprint density at radius 2 is 2.04 bits per heavy atom. The van der Waals surface area contributed by atoms with Crippen LogP contribution >= 0.6 is 0 Å². The summed E-state index contributed by atoms with van der Waals surface area (Å²) < 4.78 is 5.74. The van der Waals surface area contributed by atoms with E-state index in [0.717, 1.165) is 18.6 Å². The lowest BCUT2D eigenvalue weighted by atomic mass is 9.52. The topological polar surface area (TPSA) is 46.5 Å². The third-order valence-corrected chi connectivity index (χ3v) is 7.94. The summed E-state index contributed by atoms with van der Waals surface area (Å²) in [5.74, 6) is 2.63. The van der Waals surface area contributed by atoms with E-state index in [0.29, 0.717) is 23.7 Å². The molecule has 5 rings (SSSR count). The Labute approximate surface area is 142 Å². The molecule has 1 N–H and O–H groups in total. The molecule has 4 aliphatic rings. The molecule has 7 atom stereocenters. The number of allylic oxidation sites excluding steroid dienone is 2. The Hall–Kier alpha value is -1.77. The molecular formula is C21H24O3. The molecule has 0 aromatic heterocycles. The number of aliphatic carboxylic acids is 1. The molecular weight excluding hydrogens is 300 g/mol. The van der Waals surface area contributed by atoms with E-state index >= 15 is 0 Å². The van der Waals surface area contributed by atoms with Gasteiger partial charge in [-0.1, -0.05) is 30.4 Å². The van der Waals surface area contributed by atoms with E-state index in [1.807, 2.05) is 13.0 Å². The highest BCUT2D eigenvalue weighted by Gasteiger charge is 2.74. The second kappa shape index (κ2) is 4.44. The molecule has 7 unspecified atom stereocenters. The molecule has 0 saturated heterocycles. The molecule has 126 valence electrons. The van der Waals surface area contributed by atoms with Crippen molar-refractivity contribution in [1.29, 1.82) is 0 Å². The number of carbonyl (C=O) groups is 1. The SMILES string of the molecule is COc1ccccc1C12C3C=CC(C3)C1C1CC2CC1(C)C(=O)O. The highest BCUT2D eigenvalue weighted by molar-refractivity contribution is 5.76. The third kappa shape index (κ3) is 1.40. The molecule has 0 aliphatic heterocycles. The number of carboxylic acids is 1. The van der Waals surface area contributed by atoms with E-state index in [9.17, 15) is 9.90 Å². The lowest BCUT2D eigenvalue weighted by Crippen LogP contribution is -2.51. The quantitative estimate of drug-likeness (QED) is 0.678. The lowest BCUT2D eigenvalue weighted by molar-refractivity contribution is -0.154. The maximum Gasteiger partial charge on any atom is 0.309 e. The zero-order chi connectivity index (χ0) is 16.7. The van der Waals surface area contributed by atoms with Crippen LogP contribution < -0.4 is 4.74 Å². The van der Waals surface area contributed by atoms with Gasteiger partial charge in [-0.05, 0) is 61.8 Å². The first kappa shape index (κ1) is 14.6. The second-order valence-corrected chi connectivity index (χ2v) is 8.52. The van der Waals surface area contributed by atoms with Gasteiger partial charge < -0.3 is 9.84 Å². The predicted molar refractivity (Wildman–Crippen MR) is 90.9 cm³/mol. The van der Waals surface area contributed by atoms with Gasteiger partial charge in [0.2, 0.25) is 0 Å². The van der Waals surface area contributed by atoms with Gasteiger partial charge in [0.25, 0.3) is 0 Å². The van der Waals surface area contributed by atoms with Crippen molar-refractivity contribution in [2.45, 2.75) is 31.6 Å². The van der Waals surface area contributed by atoms with Crippen molar-refractivity contribution in [2.24, 2.45) is 35.0 Å². The van der Waals surface area contributed by atoms with Crippen molar-refractivity contribution >= 4 is 5.97 Å². The average Bonchev–Trinajstić information content (AvgIpc) is 3.32. The molecule has 0 radical (unpaired) electrons. The van der Waals surface area contributed by atoms with Gasteiger partial charge in [-0.15, -0.1) is 0 Å². The van der Waals surface area contributed by atoms with Crippen LogP contribution in [-0.2, 0) is 10.2 Å². The minimum absolute atomic E-state index is 0.0889. The van der Waals surface area contributed by atoms with Crippen molar-refractivity contribution in [3.05, 3.63) is 42.0 Å². The molecule has 4 aliphatic carbocycles. The van der Waals surface area contributed by atoms with Crippen LogP contribution in [0, 0.1) is 35.0 Å². The van der Waals surface area contributed by atoms with Crippen molar-refractivity contribution < 1.29 is 14.6 Å². The summed E-state index contributed by atoms with van der Waals surface area (Å²) in [6, 6.07) is 8.45. The Balaban J connectivity index is 1.72. The maximum atomic E-state index is 12.0. The first-order chi connectivity index (χ1) is 11.5. The van der Waals surface area contributed by atoms with E-state index in [2.05, 4.69) is 30.4 Å². The smallest absolute Gasteiger partial charge is 0.309 e. The summed E-state index contributed by atoms with van der Waals surface area (Å²) in [4.78, 5) is 12.0. The Kier molecular flexibility index (Phi) is 2.69. The molecule has 0 spiro atoms. The van der Waals surface area contributed by atoms with Crippen LogP contribution in [0.1, 0.15) is 31.7 Å². The standard InChI is InChI=1S/C21H24O3/c1-20(19(22)23)11-14-10-16(20)18-12-7-8-13(9-12)21(14,18)15-5-3-4-6-17(15)24-2/h3-8,12-14,16,18H,9-11H2,1-2H3,(H,22,23). The number of fused-ring (bicyclic) bond motifs is 9. The molecule has 3 fully saturated rings. The minimum atomic E-state index is -0.602. The van der Waals surface area contributed by atoms with Crippen LogP contribution in [0.4, 0.5) is 0 Å². The molecule has 1 aromatic rings. The minimum Gasteiger partial charge on any atom is -0.496 e. The summed E-state index contributed by atoms with van der Waals surface area (Å²) in [7, 11) is 1.75. The molecule has 24 heavy (non-hydrogen) atoms. The fourth-order valence-corrected chi connectivity index (χ4v) is 7.22. The highest BCUT2D eigenvalue weighted by Crippen LogP contribution is 2.77. The van der Waals surface area contributed by atoms with E-state index in [1.54, 1.807) is 7.11 Å². The third-order valence-electron chi connectivity index (χ3n) is 7.94. The monoisotopic (exact) mass is 324 g/mol. The van der Waals surface area contributed by atoms with Gasteiger partial charge in [-0.3, -0.25) is 4.79 Å². The molecule has 3 heteroatoms. The zero-order valence-electron chi connectivity index (χ0n) is 14.2. The molecule has 0 heterocycles. The summed E-state index contributed by atoms with van der Waals surface area (Å²) in [6.45, 7) is 1.99. The van der Waals surface area contributed by atoms with Crippen molar-refractivity contribution in [2.75, 3.05) is 7.11 Å². The van der Waals surface area contributed by atoms with Gasteiger partial charge in [0.15, 0.2) is 0 Å². The average molecular weight is 324 g/mol. The number of methoxy groups -OCH3 is 1.